The first-order chi connectivity index (χ1) is 12.9. The lowest BCUT2D eigenvalue weighted by molar-refractivity contribution is -0.116. The number of aryl methyl sites for hydroxylation is 3. The minimum absolute atomic E-state index is 0.123. The van der Waals surface area contributed by atoms with Gasteiger partial charge in [0.1, 0.15) is 11.1 Å². The summed E-state index contributed by atoms with van der Waals surface area (Å²) in [6, 6.07) is 11.4. The van der Waals surface area contributed by atoms with Gasteiger partial charge in [0.15, 0.2) is 0 Å². The maximum Gasteiger partial charge on any atom is 0.237 e. The molecule has 0 aliphatic carbocycles. The lowest BCUT2D eigenvalue weighted by Crippen LogP contribution is -2.33. The summed E-state index contributed by atoms with van der Waals surface area (Å²) in [6.45, 7) is 5.87. The van der Waals surface area contributed by atoms with Crippen molar-refractivity contribution in [2.75, 3.05) is 17.2 Å². The van der Waals surface area contributed by atoms with E-state index in [0.717, 1.165) is 16.8 Å². The minimum atomic E-state index is -0.151. The zero-order valence-electron chi connectivity index (χ0n) is 15.4. The number of amides is 1. The molecule has 0 aliphatic rings. The van der Waals surface area contributed by atoms with Crippen LogP contribution >= 0.6 is 23.4 Å². The number of thioether (sulfide) groups is 1. The number of nitrogens with zero attached hydrogens (tertiary/aromatic N) is 4. The largest absolute Gasteiger partial charge is 0.311 e. The molecule has 0 N–H and O–H groups in total. The van der Waals surface area contributed by atoms with Crippen molar-refractivity contribution in [3.8, 4) is 12.1 Å². The molecule has 2 rings (SSSR count). The molecule has 0 radical (unpaired) electrons. The highest BCUT2D eigenvalue weighted by Gasteiger charge is 2.18. The van der Waals surface area contributed by atoms with E-state index in [-0.39, 0.29) is 18.1 Å². The molecule has 138 valence electrons. The van der Waals surface area contributed by atoms with E-state index in [4.69, 9.17) is 16.9 Å². The quantitative estimate of drug-likeness (QED) is 0.665. The van der Waals surface area contributed by atoms with Crippen molar-refractivity contribution in [2.45, 2.75) is 32.2 Å². The minimum Gasteiger partial charge on any atom is -0.311 e. The van der Waals surface area contributed by atoms with Gasteiger partial charge in [-0.25, -0.2) is 4.98 Å². The van der Waals surface area contributed by atoms with Crippen LogP contribution in [0.15, 0.2) is 29.3 Å². The zero-order chi connectivity index (χ0) is 20.0. The molecule has 0 unspecified atom stereocenters. The number of aromatic nitrogens is 1. The van der Waals surface area contributed by atoms with Gasteiger partial charge < -0.3 is 4.90 Å². The fourth-order valence-corrected chi connectivity index (χ4v) is 3.70. The molecule has 0 fully saturated rings. The van der Waals surface area contributed by atoms with Crippen LogP contribution in [0.25, 0.3) is 0 Å². The Morgan fingerprint density at radius 3 is 2.59 bits per heavy atom. The molecule has 2 aromatic rings. The van der Waals surface area contributed by atoms with Gasteiger partial charge in [-0.15, -0.1) is 0 Å². The molecule has 1 aromatic carbocycles. The van der Waals surface area contributed by atoms with Gasteiger partial charge in [0.05, 0.1) is 23.8 Å². The number of carbonyl (C=O) groups is 1. The van der Waals surface area contributed by atoms with E-state index in [9.17, 15) is 10.1 Å². The van der Waals surface area contributed by atoms with E-state index in [2.05, 4.69) is 17.1 Å². The van der Waals surface area contributed by atoms with Crippen LogP contribution in [0, 0.1) is 43.4 Å². The normalized spacial score (nSPS) is 10.1. The Labute approximate surface area is 168 Å². The number of benzene rings is 1. The van der Waals surface area contributed by atoms with Crippen molar-refractivity contribution in [1.82, 2.24) is 4.98 Å². The molecule has 1 aromatic heterocycles. The molecule has 0 saturated heterocycles. The molecular weight excluding hydrogens is 380 g/mol. The van der Waals surface area contributed by atoms with Crippen molar-refractivity contribution in [3.05, 3.63) is 51.7 Å². The number of hydrogen-bond donors (Lipinski definition) is 0. The van der Waals surface area contributed by atoms with Crippen LogP contribution in [0.1, 0.15) is 28.8 Å². The van der Waals surface area contributed by atoms with Crippen molar-refractivity contribution in [1.29, 1.82) is 10.5 Å². The Hall–Kier alpha value is -2.54. The van der Waals surface area contributed by atoms with Crippen LogP contribution in [-0.4, -0.2) is 23.2 Å². The van der Waals surface area contributed by atoms with Gasteiger partial charge in [-0.2, -0.15) is 10.5 Å². The third-order valence-electron chi connectivity index (χ3n) is 3.96. The molecular formula is C20H19ClN4OS. The van der Waals surface area contributed by atoms with Crippen LogP contribution < -0.4 is 4.90 Å². The molecule has 0 bridgehead atoms. The topological polar surface area (TPSA) is 80.8 Å². The lowest BCUT2D eigenvalue weighted by atomic mass is 10.1. The van der Waals surface area contributed by atoms with Crippen molar-refractivity contribution in [2.24, 2.45) is 0 Å². The molecule has 1 amide bonds. The van der Waals surface area contributed by atoms with Crippen LogP contribution in [0.3, 0.4) is 0 Å². The van der Waals surface area contributed by atoms with Gasteiger partial charge in [-0.1, -0.05) is 23.4 Å². The number of hydrogen-bond acceptors (Lipinski definition) is 5. The van der Waals surface area contributed by atoms with Crippen molar-refractivity contribution >= 4 is 35.0 Å². The van der Waals surface area contributed by atoms with E-state index in [1.807, 2.05) is 32.9 Å². The zero-order valence-corrected chi connectivity index (χ0v) is 17.0. The Bertz CT molecular complexity index is 946. The highest BCUT2D eigenvalue weighted by Crippen LogP contribution is 2.26. The summed E-state index contributed by atoms with van der Waals surface area (Å²) >= 11 is 7.31. The van der Waals surface area contributed by atoms with Gasteiger partial charge in [0.25, 0.3) is 0 Å². The van der Waals surface area contributed by atoms with Gasteiger partial charge in [-0.05, 0) is 56.2 Å². The van der Waals surface area contributed by atoms with E-state index < -0.39 is 0 Å². The summed E-state index contributed by atoms with van der Waals surface area (Å²) in [5.41, 5.74) is 3.70. The van der Waals surface area contributed by atoms with Crippen molar-refractivity contribution in [3.63, 3.8) is 0 Å². The highest BCUT2D eigenvalue weighted by atomic mass is 35.5. The van der Waals surface area contributed by atoms with Gasteiger partial charge in [0.2, 0.25) is 5.91 Å². The Balaban J connectivity index is 2.23. The number of anilines is 1. The van der Waals surface area contributed by atoms with E-state index in [1.165, 1.54) is 11.8 Å². The molecule has 0 aliphatic heterocycles. The predicted molar refractivity (Wildman–Crippen MR) is 108 cm³/mol. The van der Waals surface area contributed by atoms with Crippen LogP contribution in [0.2, 0.25) is 5.02 Å². The van der Waals surface area contributed by atoms with E-state index in [1.54, 1.807) is 17.0 Å². The third-order valence-corrected chi connectivity index (χ3v) is 5.34. The molecule has 0 spiro atoms. The predicted octanol–water partition coefficient (Wildman–Crippen LogP) is 4.57. The third kappa shape index (κ3) is 5.23. The first-order valence-corrected chi connectivity index (χ1v) is 9.68. The lowest BCUT2D eigenvalue weighted by Gasteiger charge is -2.22. The van der Waals surface area contributed by atoms with Gasteiger partial charge in [-0.3, -0.25) is 4.79 Å². The second-order valence-electron chi connectivity index (χ2n) is 6.05. The van der Waals surface area contributed by atoms with Crippen LogP contribution in [-0.2, 0) is 4.79 Å². The van der Waals surface area contributed by atoms with Gasteiger partial charge >= 0.3 is 0 Å². The highest BCUT2D eigenvalue weighted by molar-refractivity contribution is 8.00. The van der Waals surface area contributed by atoms with Gasteiger partial charge in [0, 0.05) is 22.9 Å². The van der Waals surface area contributed by atoms with Crippen molar-refractivity contribution < 1.29 is 4.79 Å². The second-order valence-corrected chi connectivity index (χ2v) is 7.42. The summed E-state index contributed by atoms with van der Waals surface area (Å²) in [6.07, 6.45) is 0.226. The fourth-order valence-electron chi connectivity index (χ4n) is 2.61. The SMILES string of the molecule is Cc1cc(C)c(C#N)c(SCC(=O)N(CCC#N)c2ccc(Cl)c(C)c2)n1. The summed E-state index contributed by atoms with van der Waals surface area (Å²) in [4.78, 5) is 18.8. The monoisotopic (exact) mass is 398 g/mol. The maximum absolute atomic E-state index is 12.8. The summed E-state index contributed by atoms with van der Waals surface area (Å²) in [7, 11) is 0. The molecule has 0 saturated carbocycles. The molecule has 0 atom stereocenters. The van der Waals surface area contributed by atoms with Crippen LogP contribution in [0.4, 0.5) is 5.69 Å². The smallest absolute Gasteiger partial charge is 0.237 e. The number of nitriles is 2. The second kappa shape index (κ2) is 9.41. The molecule has 27 heavy (non-hydrogen) atoms. The summed E-state index contributed by atoms with van der Waals surface area (Å²) < 4.78 is 0. The average molecular weight is 399 g/mol. The average Bonchev–Trinajstić information content (AvgIpc) is 2.62. The van der Waals surface area contributed by atoms with Crippen LogP contribution in [0.5, 0.6) is 0 Å². The number of pyridine rings is 1. The maximum atomic E-state index is 12.8. The fraction of sp³-hybridized carbons (Fsp3) is 0.300. The molecule has 7 heteroatoms. The van der Waals surface area contributed by atoms with E-state index >= 15 is 0 Å². The van der Waals surface area contributed by atoms with E-state index in [0.29, 0.717) is 27.8 Å². The number of carbonyl (C=O) groups excluding carboxylic acids is 1. The summed E-state index contributed by atoms with van der Waals surface area (Å²) in [5, 5.41) is 19.5. The Morgan fingerprint density at radius 1 is 1.22 bits per heavy atom. The molecule has 1 heterocycles. The first-order valence-electron chi connectivity index (χ1n) is 8.32. The molecule has 5 nitrogen and oxygen atoms in total. The number of rotatable bonds is 6. The Kier molecular flexibility index (Phi) is 7.24. The standard InChI is InChI=1S/C20H19ClN4OS/c1-13-9-15(3)24-20(17(13)11-23)27-12-19(26)25(8-4-7-22)16-5-6-18(21)14(2)10-16/h5-6,9-10H,4,8,12H2,1-3H3. The summed E-state index contributed by atoms with van der Waals surface area (Å²) in [5.74, 6) is -0.0284. The first kappa shape index (κ1) is 20.8. The Morgan fingerprint density at radius 2 is 1.96 bits per heavy atom. The number of halogens is 1.